The van der Waals surface area contributed by atoms with E-state index < -0.39 is 29.7 Å². The molecule has 1 atom stereocenters. The van der Waals surface area contributed by atoms with Crippen LogP contribution < -0.4 is 10.1 Å². The molecule has 0 spiro atoms. The van der Waals surface area contributed by atoms with E-state index in [2.05, 4.69) is 10.1 Å². The van der Waals surface area contributed by atoms with Crippen LogP contribution >= 0.6 is 0 Å². The maximum atomic E-state index is 12.8. The van der Waals surface area contributed by atoms with Crippen LogP contribution in [0.25, 0.3) is 0 Å². The fourth-order valence-electron chi connectivity index (χ4n) is 2.63. The maximum Gasteiger partial charge on any atom is 0.416 e. The Hall–Kier alpha value is -3.03. The number of carbonyl (C=O) groups is 2. The minimum absolute atomic E-state index is 0.114. The number of amides is 1. The van der Waals surface area contributed by atoms with E-state index in [1.165, 1.54) is 26.4 Å². The number of alkyl halides is 3. The van der Waals surface area contributed by atoms with E-state index in [9.17, 15) is 22.8 Å². The van der Waals surface area contributed by atoms with E-state index in [1.807, 2.05) is 0 Å². The largest absolute Gasteiger partial charge is 0.497 e. The third-order valence-corrected chi connectivity index (χ3v) is 4.07. The van der Waals surface area contributed by atoms with Gasteiger partial charge in [-0.1, -0.05) is 30.3 Å². The van der Waals surface area contributed by atoms with Crippen molar-refractivity contribution in [3.05, 3.63) is 65.2 Å². The number of carbonyl (C=O) groups excluding carboxylic acids is 2. The van der Waals surface area contributed by atoms with Gasteiger partial charge in [-0.2, -0.15) is 13.2 Å². The monoisotopic (exact) mass is 395 g/mol. The van der Waals surface area contributed by atoms with Gasteiger partial charge < -0.3 is 14.8 Å². The predicted octanol–water partition coefficient (Wildman–Crippen LogP) is 3.68. The van der Waals surface area contributed by atoms with Crippen LogP contribution in [-0.2, 0) is 26.9 Å². The molecule has 0 saturated carbocycles. The van der Waals surface area contributed by atoms with Gasteiger partial charge in [0.2, 0.25) is 5.91 Å². The minimum Gasteiger partial charge on any atom is -0.497 e. The summed E-state index contributed by atoms with van der Waals surface area (Å²) < 4.78 is 48.2. The molecule has 1 N–H and O–H groups in total. The van der Waals surface area contributed by atoms with Crippen molar-refractivity contribution < 1.29 is 32.2 Å². The molecule has 0 aliphatic carbocycles. The summed E-state index contributed by atoms with van der Waals surface area (Å²) in [6, 6.07) is 10.6. The number of rotatable bonds is 7. The molecule has 1 amide bonds. The molecular weight excluding hydrogens is 375 g/mol. The van der Waals surface area contributed by atoms with Gasteiger partial charge in [-0.15, -0.1) is 0 Å². The fourth-order valence-corrected chi connectivity index (χ4v) is 2.63. The van der Waals surface area contributed by atoms with Gasteiger partial charge in [0.15, 0.2) is 0 Å². The van der Waals surface area contributed by atoms with Crippen LogP contribution in [0.3, 0.4) is 0 Å². The van der Waals surface area contributed by atoms with Crippen LogP contribution in [0.5, 0.6) is 5.75 Å². The second kappa shape index (κ2) is 9.25. The highest BCUT2D eigenvalue weighted by Gasteiger charge is 2.30. The Bertz CT molecular complexity index is 819. The van der Waals surface area contributed by atoms with E-state index in [4.69, 9.17) is 4.74 Å². The summed E-state index contributed by atoms with van der Waals surface area (Å²) in [5, 5.41) is 2.68. The third kappa shape index (κ3) is 6.00. The molecule has 0 aliphatic heterocycles. The summed E-state index contributed by atoms with van der Waals surface area (Å²) in [4.78, 5) is 24.1. The molecule has 2 rings (SSSR count). The standard InChI is InChI=1S/C20H20F3NO4/c1-27-16-8-6-14(7-9-16)17(12-19(26)28-2)24-18(25)11-13-4-3-5-15(10-13)20(21,22)23/h3-10,17H,11-12H2,1-2H3,(H,24,25). The van der Waals surface area contributed by atoms with Crippen molar-refractivity contribution >= 4 is 11.9 Å². The zero-order chi connectivity index (χ0) is 20.7. The van der Waals surface area contributed by atoms with Gasteiger partial charge in [0.05, 0.1) is 38.7 Å². The van der Waals surface area contributed by atoms with Gasteiger partial charge in [0.1, 0.15) is 5.75 Å². The first kappa shape index (κ1) is 21.3. The molecule has 1 unspecified atom stereocenters. The summed E-state index contributed by atoms with van der Waals surface area (Å²) in [7, 11) is 2.75. The number of hydrogen-bond acceptors (Lipinski definition) is 4. The van der Waals surface area contributed by atoms with Gasteiger partial charge in [0.25, 0.3) is 0 Å². The molecule has 0 heterocycles. The Balaban J connectivity index is 2.14. The summed E-state index contributed by atoms with van der Waals surface area (Å²) in [6.45, 7) is 0. The molecule has 8 heteroatoms. The number of ether oxygens (including phenoxy) is 2. The Labute approximate surface area is 160 Å². The molecule has 0 saturated heterocycles. The van der Waals surface area contributed by atoms with E-state index in [1.54, 1.807) is 24.3 Å². The quantitative estimate of drug-likeness (QED) is 0.727. The van der Waals surface area contributed by atoms with Gasteiger partial charge in [0, 0.05) is 0 Å². The van der Waals surface area contributed by atoms with Crippen LogP contribution in [0.15, 0.2) is 48.5 Å². The van der Waals surface area contributed by atoms with Crippen LogP contribution in [0, 0.1) is 0 Å². The van der Waals surface area contributed by atoms with Gasteiger partial charge in [-0.05, 0) is 29.3 Å². The Morgan fingerprint density at radius 2 is 1.75 bits per heavy atom. The highest BCUT2D eigenvalue weighted by Crippen LogP contribution is 2.29. The first-order valence-electron chi connectivity index (χ1n) is 8.39. The van der Waals surface area contributed by atoms with Crippen LogP contribution in [0.4, 0.5) is 13.2 Å². The van der Waals surface area contributed by atoms with E-state index in [0.717, 1.165) is 12.1 Å². The van der Waals surface area contributed by atoms with Crippen LogP contribution in [0.1, 0.15) is 29.2 Å². The van der Waals surface area contributed by atoms with Crippen molar-refractivity contribution in [2.45, 2.75) is 25.1 Å². The highest BCUT2D eigenvalue weighted by molar-refractivity contribution is 5.80. The molecule has 2 aromatic rings. The number of halogens is 3. The fraction of sp³-hybridized carbons (Fsp3) is 0.300. The molecule has 5 nitrogen and oxygen atoms in total. The van der Waals surface area contributed by atoms with Gasteiger partial charge >= 0.3 is 12.1 Å². The number of methoxy groups -OCH3 is 2. The molecule has 0 bridgehead atoms. The lowest BCUT2D eigenvalue weighted by atomic mass is 10.0. The Morgan fingerprint density at radius 1 is 1.07 bits per heavy atom. The zero-order valence-corrected chi connectivity index (χ0v) is 15.4. The lowest BCUT2D eigenvalue weighted by Gasteiger charge is -2.19. The van der Waals surface area contributed by atoms with Crippen LogP contribution in [-0.4, -0.2) is 26.1 Å². The molecule has 0 fully saturated rings. The molecule has 0 aliphatic rings. The van der Waals surface area contributed by atoms with E-state index >= 15 is 0 Å². The second-order valence-electron chi connectivity index (χ2n) is 6.05. The third-order valence-electron chi connectivity index (χ3n) is 4.07. The smallest absolute Gasteiger partial charge is 0.416 e. The first-order valence-corrected chi connectivity index (χ1v) is 8.39. The molecule has 28 heavy (non-hydrogen) atoms. The van der Waals surface area contributed by atoms with Gasteiger partial charge in [-0.25, -0.2) is 0 Å². The Kier molecular flexibility index (Phi) is 7.03. The average Bonchev–Trinajstić information content (AvgIpc) is 2.67. The SMILES string of the molecule is COC(=O)CC(NC(=O)Cc1cccc(C(F)(F)F)c1)c1ccc(OC)cc1. The summed E-state index contributed by atoms with van der Waals surface area (Å²) in [5.41, 5.74) is 0.0431. The highest BCUT2D eigenvalue weighted by atomic mass is 19.4. The van der Waals surface area contributed by atoms with Crippen molar-refractivity contribution in [2.75, 3.05) is 14.2 Å². The lowest BCUT2D eigenvalue weighted by molar-refractivity contribution is -0.141. The Morgan fingerprint density at radius 3 is 2.32 bits per heavy atom. The van der Waals surface area contributed by atoms with Crippen molar-refractivity contribution in [3.8, 4) is 5.75 Å². The zero-order valence-electron chi connectivity index (χ0n) is 15.4. The second-order valence-corrected chi connectivity index (χ2v) is 6.05. The van der Waals surface area contributed by atoms with Gasteiger partial charge in [-0.3, -0.25) is 9.59 Å². The molecular formula is C20H20F3NO4. The number of benzene rings is 2. The minimum atomic E-state index is -4.48. The van der Waals surface area contributed by atoms with Crippen molar-refractivity contribution in [3.63, 3.8) is 0 Å². The number of hydrogen-bond donors (Lipinski definition) is 1. The molecule has 150 valence electrons. The van der Waals surface area contributed by atoms with E-state index in [0.29, 0.717) is 11.3 Å². The molecule has 0 radical (unpaired) electrons. The summed E-state index contributed by atoms with van der Waals surface area (Å²) in [5.74, 6) is -0.430. The average molecular weight is 395 g/mol. The molecule has 0 aromatic heterocycles. The number of nitrogens with one attached hydrogen (secondary N) is 1. The topological polar surface area (TPSA) is 64.6 Å². The van der Waals surface area contributed by atoms with Crippen molar-refractivity contribution in [2.24, 2.45) is 0 Å². The lowest BCUT2D eigenvalue weighted by Crippen LogP contribution is -2.31. The van der Waals surface area contributed by atoms with Crippen molar-refractivity contribution in [1.82, 2.24) is 5.32 Å². The first-order chi connectivity index (χ1) is 13.2. The normalized spacial score (nSPS) is 12.2. The predicted molar refractivity (Wildman–Crippen MR) is 95.7 cm³/mol. The van der Waals surface area contributed by atoms with Crippen LogP contribution in [0.2, 0.25) is 0 Å². The van der Waals surface area contributed by atoms with E-state index in [-0.39, 0.29) is 18.4 Å². The summed E-state index contributed by atoms with van der Waals surface area (Å²) >= 11 is 0. The maximum absolute atomic E-state index is 12.8. The summed E-state index contributed by atoms with van der Waals surface area (Å²) in [6.07, 6.45) is -4.85. The van der Waals surface area contributed by atoms with Crippen molar-refractivity contribution in [1.29, 1.82) is 0 Å². The number of esters is 1. The molecule has 2 aromatic carbocycles.